The summed E-state index contributed by atoms with van der Waals surface area (Å²) in [6.07, 6.45) is 0. The van der Waals surface area contributed by atoms with Crippen LogP contribution in [0, 0.1) is 0 Å². The minimum Gasteiger partial charge on any atom is -0.309 e. The van der Waals surface area contributed by atoms with E-state index in [-0.39, 0.29) is 0 Å². The molecule has 0 unspecified atom stereocenters. The predicted octanol–water partition coefficient (Wildman–Crippen LogP) is 16.8. The third-order valence-corrected chi connectivity index (χ3v) is 14.8. The Kier molecular flexibility index (Phi) is 9.00. The highest BCUT2D eigenvalue weighted by Gasteiger charge is 2.24. The van der Waals surface area contributed by atoms with Crippen molar-refractivity contribution >= 4 is 75.1 Å². The first-order valence-electron chi connectivity index (χ1n) is 23.3. The number of hydrogen-bond acceptors (Lipinski definition) is 4. The van der Waals surface area contributed by atoms with Crippen molar-refractivity contribution < 1.29 is 0 Å². The summed E-state index contributed by atoms with van der Waals surface area (Å²) >= 11 is 1.80. The summed E-state index contributed by atoms with van der Waals surface area (Å²) in [5.74, 6) is 1.86. The number of fused-ring (bicyclic) bond motifs is 9. The second-order valence-electron chi connectivity index (χ2n) is 17.5. The van der Waals surface area contributed by atoms with Gasteiger partial charge in [0.25, 0.3) is 0 Å². The Hall–Kier alpha value is -8.97. The van der Waals surface area contributed by atoms with E-state index in [1.807, 2.05) is 6.07 Å². The molecule has 4 heterocycles. The fraction of sp³-hybridized carbons (Fsp3) is 0. The molecule has 6 heteroatoms. The van der Waals surface area contributed by atoms with Crippen LogP contribution in [-0.2, 0) is 0 Å². The van der Waals surface area contributed by atoms with Gasteiger partial charge in [0.05, 0.1) is 27.8 Å². The van der Waals surface area contributed by atoms with Crippen molar-refractivity contribution in [2.75, 3.05) is 0 Å². The molecule has 0 spiro atoms. The minimum atomic E-state index is 0.606. The number of thiophene rings is 1. The maximum absolute atomic E-state index is 5.45. The standard InChI is InChI=1S/C63H39N5S/c1-3-18-40(19-4-1)41-36-38-42(39-37-41)61-64-62(66-63(65-61)50-28-17-35-57-60(50)49-25-10-14-34-56(49)69-57)48-24-9-13-31-53(48)68-52-30-12-8-23-47(52)59-45(27-16-33-55(59)68)44-26-15-32-54-58(44)46-22-7-11-29-51(46)67(54)43-20-5-2-6-21-43/h1-39H. The van der Waals surface area contributed by atoms with Crippen LogP contribution in [0.1, 0.15) is 0 Å². The molecule has 0 aliphatic rings. The Morgan fingerprint density at radius 3 is 1.46 bits per heavy atom. The van der Waals surface area contributed by atoms with Gasteiger partial charge in [-0.15, -0.1) is 11.3 Å². The van der Waals surface area contributed by atoms with E-state index in [4.69, 9.17) is 15.0 Å². The summed E-state index contributed by atoms with van der Waals surface area (Å²) in [7, 11) is 0. The highest BCUT2D eigenvalue weighted by molar-refractivity contribution is 7.25. The molecule has 0 saturated carbocycles. The fourth-order valence-electron chi connectivity index (χ4n) is 10.6. The van der Waals surface area contributed by atoms with Crippen LogP contribution in [0.4, 0.5) is 0 Å². The maximum Gasteiger partial charge on any atom is 0.166 e. The Labute approximate surface area is 401 Å². The monoisotopic (exact) mass is 897 g/mol. The molecule has 0 saturated heterocycles. The Morgan fingerprint density at radius 2 is 0.739 bits per heavy atom. The van der Waals surface area contributed by atoms with Gasteiger partial charge in [-0.2, -0.15) is 0 Å². The highest BCUT2D eigenvalue weighted by atomic mass is 32.1. The Morgan fingerprint density at radius 1 is 0.275 bits per heavy atom. The highest BCUT2D eigenvalue weighted by Crippen LogP contribution is 2.45. The lowest BCUT2D eigenvalue weighted by molar-refractivity contribution is 1.07. The van der Waals surface area contributed by atoms with Crippen molar-refractivity contribution in [3.05, 3.63) is 237 Å². The van der Waals surface area contributed by atoms with Crippen LogP contribution in [0.25, 0.3) is 132 Å². The largest absolute Gasteiger partial charge is 0.309 e. The van der Waals surface area contributed by atoms with Crippen molar-refractivity contribution in [3.63, 3.8) is 0 Å². The van der Waals surface area contributed by atoms with Crippen LogP contribution in [0.5, 0.6) is 0 Å². The summed E-state index contributed by atoms with van der Waals surface area (Å²) in [5.41, 5.74) is 14.2. The molecule has 0 radical (unpaired) electrons. The number of para-hydroxylation sites is 4. The quantitative estimate of drug-likeness (QED) is 0.160. The van der Waals surface area contributed by atoms with Crippen LogP contribution in [0.3, 0.4) is 0 Å². The van der Waals surface area contributed by atoms with Crippen molar-refractivity contribution in [1.82, 2.24) is 24.1 Å². The number of rotatable bonds is 7. The van der Waals surface area contributed by atoms with E-state index in [0.717, 1.165) is 55.6 Å². The summed E-state index contributed by atoms with van der Waals surface area (Å²) < 4.78 is 7.23. The number of nitrogens with zero attached hydrogens (tertiary/aromatic N) is 5. The lowest BCUT2D eigenvalue weighted by Gasteiger charge is -2.15. The summed E-state index contributed by atoms with van der Waals surface area (Å²) in [6, 6.07) is 84.4. The van der Waals surface area contributed by atoms with Gasteiger partial charge in [-0.3, -0.25) is 0 Å². The SMILES string of the molecule is c1ccc(-c2ccc(-c3nc(-c4ccccc4-n4c5ccccc5c5c(-c6cccc7c6c6ccccc6n7-c6ccccc6)cccc54)nc(-c4cccc5sc6ccccc6c45)n3)cc2)cc1. The third-order valence-electron chi connectivity index (χ3n) is 13.6. The Balaban J connectivity index is 1.00. The van der Waals surface area contributed by atoms with Crippen LogP contribution in [0.2, 0.25) is 0 Å². The first-order valence-corrected chi connectivity index (χ1v) is 24.1. The van der Waals surface area contributed by atoms with Crippen LogP contribution in [-0.4, -0.2) is 24.1 Å². The normalized spacial score (nSPS) is 11.8. The predicted molar refractivity (Wildman–Crippen MR) is 289 cm³/mol. The first kappa shape index (κ1) is 39.2. The zero-order valence-electron chi connectivity index (χ0n) is 37.2. The molecule has 69 heavy (non-hydrogen) atoms. The molecule has 0 bridgehead atoms. The molecule has 14 aromatic rings. The van der Waals surface area contributed by atoms with Crippen LogP contribution in [0.15, 0.2) is 237 Å². The van der Waals surface area contributed by atoms with Gasteiger partial charge in [-0.1, -0.05) is 176 Å². The van der Waals surface area contributed by atoms with E-state index >= 15 is 0 Å². The molecule has 0 N–H and O–H groups in total. The fourth-order valence-corrected chi connectivity index (χ4v) is 11.7. The maximum atomic E-state index is 5.45. The van der Waals surface area contributed by atoms with Crippen molar-refractivity contribution in [1.29, 1.82) is 0 Å². The van der Waals surface area contributed by atoms with Crippen LogP contribution < -0.4 is 0 Å². The molecular weight excluding hydrogens is 859 g/mol. The van der Waals surface area contributed by atoms with Gasteiger partial charge < -0.3 is 9.13 Å². The molecule has 5 nitrogen and oxygen atoms in total. The topological polar surface area (TPSA) is 48.5 Å². The third kappa shape index (κ3) is 6.27. The van der Waals surface area contributed by atoms with E-state index in [9.17, 15) is 0 Å². The van der Waals surface area contributed by atoms with E-state index in [1.54, 1.807) is 11.3 Å². The smallest absolute Gasteiger partial charge is 0.166 e. The van der Waals surface area contributed by atoms with E-state index in [1.165, 1.54) is 58.5 Å². The van der Waals surface area contributed by atoms with Gasteiger partial charge in [0.15, 0.2) is 17.5 Å². The average molecular weight is 898 g/mol. The second kappa shape index (κ2) is 15.8. The molecule has 0 atom stereocenters. The lowest BCUT2D eigenvalue weighted by Crippen LogP contribution is -2.03. The number of benzene rings is 10. The number of aromatic nitrogens is 5. The molecule has 4 aromatic heterocycles. The van der Waals surface area contributed by atoms with E-state index < -0.39 is 0 Å². The lowest BCUT2D eigenvalue weighted by atomic mass is 9.95. The van der Waals surface area contributed by atoms with E-state index in [2.05, 4.69) is 240 Å². The molecule has 0 aliphatic heterocycles. The van der Waals surface area contributed by atoms with Crippen molar-refractivity contribution in [3.8, 4) is 67.8 Å². The zero-order valence-corrected chi connectivity index (χ0v) is 38.0. The minimum absolute atomic E-state index is 0.606. The Bertz CT molecular complexity index is 4300. The molecule has 0 aliphatic carbocycles. The zero-order chi connectivity index (χ0) is 45.4. The molecule has 0 fully saturated rings. The van der Waals surface area contributed by atoms with Gasteiger partial charge in [-0.25, -0.2) is 15.0 Å². The average Bonchev–Trinajstić information content (AvgIpc) is 4.09. The molecule has 10 aromatic carbocycles. The molecular formula is C63H39N5S. The second-order valence-corrected chi connectivity index (χ2v) is 18.6. The van der Waals surface area contributed by atoms with Gasteiger partial charge in [0.2, 0.25) is 0 Å². The van der Waals surface area contributed by atoms with E-state index in [0.29, 0.717) is 17.5 Å². The van der Waals surface area contributed by atoms with Crippen molar-refractivity contribution in [2.24, 2.45) is 0 Å². The summed E-state index contributed by atoms with van der Waals surface area (Å²) in [5, 5.41) is 7.18. The molecule has 322 valence electrons. The number of hydrogen-bond donors (Lipinski definition) is 0. The summed E-state index contributed by atoms with van der Waals surface area (Å²) in [6.45, 7) is 0. The molecule has 0 amide bonds. The van der Waals surface area contributed by atoms with Gasteiger partial charge in [0, 0.05) is 64.1 Å². The van der Waals surface area contributed by atoms with Gasteiger partial charge in [0.1, 0.15) is 0 Å². The van der Waals surface area contributed by atoms with Crippen molar-refractivity contribution in [2.45, 2.75) is 0 Å². The van der Waals surface area contributed by atoms with Gasteiger partial charge in [-0.05, 0) is 82.9 Å². The summed E-state index contributed by atoms with van der Waals surface area (Å²) in [4.78, 5) is 16.2. The first-order chi connectivity index (χ1) is 34.2. The van der Waals surface area contributed by atoms with Crippen LogP contribution >= 0.6 is 11.3 Å². The van der Waals surface area contributed by atoms with Gasteiger partial charge >= 0.3 is 0 Å². The molecule has 14 rings (SSSR count).